The maximum Gasteiger partial charge on any atom is 0.250 e. The first-order chi connectivity index (χ1) is 12.9. The van der Waals surface area contributed by atoms with Gasteiger partial charge in [0.05, 0.1) is 19.9 Å². The van der Waals surface area contributed by atoms with Gasteiger partial charge >= 0.3 is 0 Å². The van der Waals surface area contributed by atoms with Crippen molar-refractivity contribution < 1.29 is 22.7 Å². The Morgan fingerprint density at radius 2 is 1.81 bits per heavy atom. The SMILES string of the molecule is COc1ccc(NC(=O)C23CC2CN(c2ccccc2)S3(=O)=O)cc1OC. The topological polar surface area (TPSA) is 84.9 Å². The highest BCUT2D eigenvalue weighted by atomic mass is 32.2. The lowest BCUT2D eigenvalue weighted by molar-refractivity contribution is -0.116. The van der Waals surface area contributed by atoms with Crippen LogP contribution >= 0.6 is 0 Å². The maximum absolute atomic E-state index is 13.1. The highest BCUT2D eigenvalue weighted by Crippen LogP contribution is 2.58. The minimum Gasteiger partial charge on any atom is -0.493 e. The molecule has 1 aliphatic carbocycles. The van der Waals surface area contributed by atoms with Crippen LogP contribution in [-0.4, -0.2) is 39.8 Å². The first-order valence-electron chi connectivity index (χ1n) is 8.55. The molecule has 0 aromatic heterocycles. The molecular formula is C19H20N2O5S. The highest BCUT2D eigenvalue weighted by molar-refractivity contribution is 7.95. The number of para-hydroxylation sites is 1. The Kier molecular flexibility index (Phi) is 4.03. The Labute approximate surface area is 157 Å². The van der Waals surface area contributed by atoms with Gasteiger partial charge in [0.25, 0.3) is 0 Å². The number of amides is 1. The van der Waals surface area contributed by atoms with E-state index in [1.807, 2.05) is 6.07 Å². The second kappa shape index (κ2) is 6.16. The number of anilines is 2. The van der Waals surface area contributed by atoms with Crippen LogP contribution in [0.3, 0.4) is 0 Å². The summed E-state index contributed by atoms with van der Waals surface area (Å²) in [6, 6.07) is 13.8. The number of nitrogens with zero attached hydrogens (tertiary/aromatic N) is 1. The number of benzene rings is 2. The zero-order valence-electron chi connectivity index (χ0n) is 15.0. The number of nitrogens with one attached hydrogen (secondary N) is 1. The fourth-order valence-electron chi connectivity index (χ4n) is 3.71. The Bertz CT molecular complexity index is 992. The average molecular weight is 388 g/mol. The monoisotopic (exact) mass is 388 g/mol. The van der Waals surface area contributed by atoms with Gasteiger partial charge in [-0.15, -0.1) is 0 Å². The molecule has 4 rings (SSSR count). The summed E-state index contributed by atoms with van der Waals surface area (Å²) in [5, 5.41) is 2.74. The van der Waals surface area contributed by atoms with Crippen LogP contribution in [0.2, 0.25) is 0 Å². The van der Waals surface area contributed by atoms with Crippen molar-refractivity contribution in [1.82, 2.24) is 0 Å². The Morgan fingerprint density at radius 1 is 1.11 bits per heavy atom. The van der Waals surface area contributed by atoms with Crippen LogP contribution in [0.4, 0.5) is 11.4 Å². The molecule has 27 heavy (non-hydrogen) atoms. The lowest BCUT2D eigenvalue weighted by Crippen LogP contribution is -2.42. The molecule has 7 nitrogen and oxygen atoms in total. The molecule has 2 aromatic rings. The molecule has 1 N–H and O–H groups in total. The van der Waals surface area contributed by atoms with Crippen LogP contribution in [0.5, 0.6) is 11.5 Å². The summed E-state index contributed by atoms with van der Waals surface area (Å²) < 4.78 is 36.6. The molecule has 2 fully saturated rings. The molecule has 1 heterocycles. The van der Waals surface area contributed by atoms with Crippen molar-refractivity contribution in [3.05, 3.63) is 48.5 Å². The molecule has 1 amide bonds. The molecule has 142 valence electrons. The van der Waals surface area contributed by atoms with E-state index in [1.165, 1.54) is 18.5 Å². The Balaban J connectivity index is 1.60. The fourth-order valence-corrected chi connectivity index (χ4v) is 6.08. The average Bonchev–Trinajstić information content (AvgIpc) is 3.37. The lowest BCUT2D eigenvalue weighted by atomic mass is 10.2. The molecule has 1 aliphatic heterocycles. The molecule has 8 heteroatoms. The van der Waals surface area contributed by atoms with Gasteiger partial charge in [0.15, 0.2) is 16.2 Å². The predicted molar refractivity (Wildman–Crippen MR) is 102 cm³/mol. The van der Waals surface area contributed by atoms with Crippen LogP contribution in [-0.2, 0) is 14.8 Å². The summed E-state index contributed by atoms with van der Waals surface area (Å²) in [4.78, 5) is 12.9. The number of fused-ring (bicyclic) bond motifs is 1. The molecule has 2 aromatic carbocycles. The van der Waals surface area contributed by atoms with Gasteiger partial charge in [-0.05, 0) is 30.7 Å². The molecule has 2 atom stereocenters. The second-order valence-corrected chi connectivity index (χ2v) is 8.81. The number of hydrogen-bond acceptors (Lipinski definition) is 5. The first kappa shape index (κ1) is 17.7. The Hall–Kier alpha value is -2.74. The number of ether oxygens (including phenoxy) is 2. The summed E-state index contributed by atoms with van der Waals surface area (Å²) in [6.07, 6.45) is 0.345. The van der Waals surface area contributed by atoms with Crippen molar-refractivity contribution in [1.29, 1.82) is 0 Å². The van der Waals surface area contributed by atoms with E-state index in [9.17, 15) is 13.2 Å². The van der Waals surface area contributed by atoms with Gasteiger partial charge in [0, 0.05) is 24.2 Å². The van der Waals surface area contributed by atoms with E-state index in [2.05, 4.69) is 5.32 Å². The number of sulfonamides is 1. The van der Waals surface area contributed by atoms with Crippen molar-refractivity contribution in [3.63, 3.8) is 0 Å². The minimum atomic E-state index is -3.79. The third-order valence-corrected chi connectivity index (χ3v) is 7.80. The van der Waals surface area contributed by atoms with E-state index in [4.69, 9.17) is 9.47 Å². The smallest absolute Gasteiger partial charge is 0.250 e. The van der Waals surface area contributed by atoms with E-state index < -0.39 is 20.7 Å². The number of rotatable bonds is 5. The number of hydrogen-bond donors (Lipinski definition) is 1. The Morgan fingerprint density at radius 3 is 2.48 bits per heavy atom. The zero-order valence-corrected chi connectivity index (χ0v) is 15.8. The van der Waals surface area contributed by atoms with Gasteiger partial charge in [-0.1, -0.05) is 18.2 Å². The van der Waals surface area contributed by atoms with E-state index >= 15 is 0 Å². The molecule has 1 saturated carbocycles. The van der Waals surface area contributed by atoms with Gasteiger partial charge in [-0.3, -0.25) is 9.10 Å². The van der Waals surface area contributed by atoms with Crippen molar-refractivity contribution >= 4 is 27.3 Å². The summed E-state index contributed by atoms with van der Waals surface area (Å²) in [7, 11) is -0.770. The summed E-state index contributed by atoms with van der Waals surface area (Å²) in [6.45, 7) is 0.325. The molecular weight excluding hydrogens is 368 g/mol. The largest absolute Gasteiger partial charge is 0.493 e. The van der Waals surface area contributed by atoms with Gasteiger partial charge in [0.1, 0.15) is 0 Å². The lowest BCUT2D eigenvalue weighted by Gasteiger charge is -2.23. The minimum absolute atomic E-state index is 0.206. The number of carbonyl (C=O) groups excluding carboxylic acids is 1. The highest BCUT2D eigenvalue weighted by Gasteiger charge is 2.75. The third kappa shape index (κ3) is 2.55. The quantitative estimate of drug-likeness (QED) is 0.849. The van der Waals surface area contributed by atoms with Crippen LogP contribution in [0.1, 0.15) is 6.42 Å². The summed E-state index contributed by atoms with van der Waals surface area (Å²) >= 11 is 0. The first-order valence-corrected chi connectivity index (χ1v) is 9.99. The van der Waals surface area contributed by atoms with E-state index in [0.717, 1.165) is 0 Å². The maximum atomic E-state index is 13.1. The van der Waals surface area contributed by atoms with Crippen molar-refractivity contribution in [2.45, 2.75) is 11.2 Å². The van der Waals surface area contributed by atoms with E-state index in [-0.39, 0.29) is 5.92 Å². The number of methoxy groups -OCH3 is 2. The molecule has 0 spiro atoms. The van der Waals surface area contributed by atoms with Crippen LogP contribution in [0.15, 0.2) is 48.5 Å². The van der Waals surface area contributed by atoms with Crippen molar-refractivity contribution in [2.75, 3.05) is 30.4 Å². The zero-order chi connectivity index (χ0) is 19.2. The molecule has 2 unspecified atom stereocenters. The van der Waals surface area contributed by atoms with Crippen LogP contribution < -0.4 is 19.1 Å². The molecule has 0 bridgehead atoms. The predicted octanol–water partition coefficient (Wildman–Crippen LogP) is 2.25. The van der Waals surface area contributed by atoms with Gasteiger partial charge in [-0.25, -0.2) is 8.42 Å². The summed E-state index contributed by atoms with van der Waals surface area (Å²) in [5.41, 5.74) is 1.05. The standard InChI is InChI=1S/C19H20N2O5S/c1-25-16-9-8-14(10-17(16)26-2)20-18(22)19-11-13(19)12-21(27(19,23)24)15-6-4-3-5-7-15/h3-10,13H,11-12H2,1-2H3,(H,20,22). The van der Waals surface area contributed by atoms with E-state index in [1.54, 1.807) is 42.5 Å². The summed E-state index contributed by atoms with van der Waals surface area (Å²) in [5.74, 6) is 0.281. The van der Waals surface area contributed by atoms with E-state index in [0.29, 0.717) is 35.8 Å². The van der Waals surface area contributed by atoms with Gasteiger partial charge in [-0.2, -0.15) is 0 Å². The normalized spacial score (nSPS) is 24.8. The number of carbonyl (C=O) groups is 1. The van der Waals surface area contributed by atoms with Gasteiger partial charge < -0.3 is 14.8 Å². The molecule has 0 radical (unpaired) electrons. The molecule has 2 aliphatic rings. The molecule has 1 saturated heterocycles. The fraction of sp³-hybridized carbons (Fsp3) is 0.316. The van der Waals surface area contributed by atoms with Crippen LogP contribution in [0, 0.1) is 5.92 Å². The van der Waals surface area contributed by atoms with Crippen molar-refractivity contribution in [3.8, 4) is 11.5 Å². The van der Waals surface area contributed by atoms with Crippen LogP contribution in [0.25, 0.3) is 0 Å². The second-order valence-electron chi connectivity index (χ2n) is 6.69. The van der Waals surface area contributed by atoms with Gasteiger partial charge in [0.2, 0.25) is 15.9 Å². The third-order valence-electron chi connectivity index (χ3n) is 5.26. The van der Waals surface area contributed by atoms with Crippen molar-refractivity contribution in [2.24, 2.45) is 5.92 Å².